The van der Waals surface area contributed by atoms with Crippen LogP contribution in [0.1, 0.15) is 19.3 Å². The number of ether oxygens (including phenoxy) is 1. The molecule has 0 aliphatic carbocycles. The number of halogens is 1. The SMILES string of the molecule is COc1ccc(Br)cc1S(=O)(=O)Nc1ccccc1N1CCCCC1. The summed E-state index contributed by atoms with van der Waals surface area (Å²) >= 11 is 3.32. The molecule has 0 atom stereocenters. The number of anilines is 2. The normalized spacial score (nSPS) is 15.0. The summed E-state index contributed by atoms with van der Waals surface area (Å²) < 4.78 is 34.5. The molecule has 2 aromatic carbocycles. The van der Waals surface area contributed by atoms with Crippen molar-refractivity contribution in [3.8, 4) is 5.75 Å². The maximum absolute atomic E-state index is 12.9. The van der Waals surface area contributed by atoms with Gasteiger partial charge in [0.05, 0.1) is 18.5 Å². The van der Waals surface area contributed by atoms with E-state index in [1.54, 1.807) is 24.3 Å². The van der Waals surface area contributed by atoms with Crippen LogP contribution in [0.15, 0.2) is 51.8 Å². The largest absolute Gasteiger partial charge is 0.495 e. The summed E-state index contributed by atoms with van der Waals surface area (Å²) in [5.74, 6) is 0.311. The zero-order valence-corrected chi connectivity index (χ0v) is 16.4. The van der Waals surface area contributed by atoms with E-state index in [1.807, 2.05) is 18.2 Å². The Hall–Kier alpha value is -1.73. The Bertz CT molecular complexity index is 849. The number of nitrogens with zero attached hydrogens (tertiary/aromatic N) is 1. The predicted octanol–water partition coefficient (Wildman–Crippen LogP) is 4.25. The molecular weight excluding hydrogens is 404 g/mol. The molecule has 1 heterocycles. The van der Waals surface area contributed by atoms with Gasteiger partial charge in [-0.25, -0.2) is 8.42 Å². The minimum Gasteiger partial charge on any atom is -0.495 e. The molecule has 7 heteroatoms. The molecule has 0 radical (unpaired) electrons. The second-order valence-electron chi connectivity index (χ2n) is 5.97. The molecule has 0 amide bonds. The van der Waals surface area contributed by atoms with Crippen molar-refractivity contribution in [1.82, 2.24) is 0 Å². The molecule has 2 aromatic rings. The van der Waals surface area contributed by atoms with Crippen LogP contribution in [-0.4, -0.2) is 28.6 Å². The first kappa shape index (κ1) is 18.1. The van der Waals surface area contributed by atoms with E-state index in [2.05, 4.69) is 25.6 Å². The molecule has 1 aliphatic heterocycles. The van der Waals surface area contributed by atoms with E-state index in [4.69, 9.17) is 4.74 Å². The molecule has 1 N–H and O–H groups in total. The number of hydrogen-bond acceptors (Lipinski definition) is 4. The zero-order valence-electron chi connectivity index (χ0n) is 14.0. The first-order valence-corrected chi connectivity index (χ1v) is 10.5. The minimum atomic E-state index is -3.77. The lowest BCUT2D eigenvalue weighted by Crippen LogP contribution is -2.30. The average molecular weight is 425 g/mol. The van der Waals surface area contributed by atoms with Crippen molar-refractivity contribution < 1.29 is 13.2 Å². The van der Waals surface area contributed by atoms with E-state index in [-0.39, 0.29) is 4.90 Å². The summed E-state index contributed by atoms with van der Waals surface area (Å²) in [5, 5.41) is 0. The van der Waals surface area contributed by atoms with Crippen LogP contribution in [0.3, 0.4) is 0 Å². The van der Waals surface area contributed by atoms with Crippen molar-refractivity contribution in [2.24, 2.45) is 0 Å². The van der Waals surface area contributed by atoms with E-state index >= 15 is 0 Å². The Morgan fingerprint density at radius 1 is 1.08 bits per heavy atom. The fraction of sp³-hybridized carbons (Fsp3) is 0.333. The molecule has 1 aliphatic rings. The average Bonchev–Trinajstić information content (AvgIpc) is 2.62. The van der Waals surface area contributed by atoms with Crippen LogP contribution in [0.25, 0.3) is 0 Å². The van der Waals surface area contributed by atoms with Gasteiger partial charge >= 0.3 is 0 Å². The summed E-state index contributed by atoms with van der Waals surface area (Å²) in [4.78, 5) is 2.34. The number of hydrogen-bond donors (Lipinski definition) is 1. The lowest BCUT2D eigenvalue weighted by molar-refractivity contribution is 0.403. The highest BCUT2D eigenvalue weighted by atomic mass is 79.9. The Kier molecular flexibility index (Phi) is 5.54. The lowest BCUT2D eigenvalue weighted by atomic mass is 10.1. The molecule has 3 rings (SSSR count). The van der Waals surface area contributed by atoms with Crippen LogP contribution < -0.4 is 14.4 Å². The van der Waals surface area contributed by atoms with Crippen LogP contribution in [0, 0.1) is 0 Å². The molecule has 0 bridgehead atoms. The monoisotopic (exact) mass is 424 g/mol. The Morgan fingerprint density at radius 2 is 1.80 bits per heavy atom. The number of para-hydroxylation sites is 2. The summed E-state index contributed by atoms with van der Waals surface area (Å²) in [6, 6.07) is 12.5. The summed E-state index contributed by atoms with van der Waals surface area (Å²) in [6.45, 7) is 1.89. The molecule has 1 saturated heterocycles. The van der Waals surface area contributed by atoms with Crippen molar-refractivity contribution in [2.45, 2.75) is 24.2 Å². The van der Waals surface area contributed by atoms with E-state index in [9.17, 15) is 8.42 Å². The summed E-state index contributed by atoms with van der Waals surface area (Å²) in [6.07, 6.45) is 3.47. The molecule has 1 fully saturated rings. The molecule has 0 spiro atoms. The van der Waals surface area contributed by atoms with Gasteiger partial charge in [0.1, 0.15) is 10.6 Å². The number of sulfonamides is 1. The Morgan fingerprint density at radius 3 is 2.52 bits per heavy atom. The van der Waals surface area contributed by atoms with Gasteiger partial charge in [0.2, 0.25) is 0 Å². The van der Waals surface area contributed by atoms with Gasteiger partial charge in [0.15, 0.2) is 0 Å². The van der Waals surface area contributed by atoms with Crippen molar-refractivity contribution in [1.29, 1.82) is 0 Å². The molecule has 5 nitrogen and oxygen atoms in total. The highest BCUT2D eigenvalue weighted by Crippen LogP contribution is 2.33. The molecule has 0 aromatic heterocycles. The molecule has 134 valence electrons. The smallest absolute Gasteiger partial charge is 0.265 e. The Labute approximate surface area is 157 Å². The minimum absolute atomic E-state index is 0.109. The first-order valence-electron chi connectivity index (χ1n) is 8.21. The van der Waals surface area contributed by atoms with Crippen molar-refractivity contribution in [2.75, 3.05) is 29.8 Å². The topological polar surface area (TPSA) is 58.6 Å². The van der Waals surface area contributed by atoms with Crippen molar-refractivity contribution in [3.63, 3.8) is 0 Å². The predicted molar refractivity (Wildman–Crippen MR) is 104 cm³/mol. The van der Waals surface area contributed by atoms with Gasteiger partial charge in [-0.3, -0.25) is 4.72 Å². The van der Waals surface area contributed by atoms with Gasteiger partial charge in [-0.05, 0) is 49.6 Å². The number of benzene rings is 2. The lowest BCUT2D eigenvalue weighted by Gasteiger charge is -2.30. The maximum Gasteiger partial charge on any atom is 0.265 e. The first-order chi connectivity index (χ1) is 12.0. The fourth-order valence-electron chi connectivity index (χ4n) is 3.03. The van der Waals surface area contributed by atoms with Gasteiger partial charge in [-0.15, -0.1) is 0 Å². The third-order valence-electron chi connectivity index (χ3n) is 4.26. The number of piperidine rings is 1. The third kappa shape index (κ3) is 4.10. The van der Waals surface area contributed by atoms with Gasteiger partial charge < -0.3 is 9.64 Å². The van der Waals surface area contributed by atoms with Crippen LogP contribution in [-0.2, 0) is 10.0 Å². The zero-order chi connectivity index (χ0) is 17.9. The molecule has 0 saturated carbocycles. The third-order valence-corrected chi connectivity index (χ3v) is 6.14. The van der Waals surface area contributed by atoms with Crippen molar-refractivity contribution >= 4 is 37.3 Å². The molecule has 25 heavy (non-hydrogen) atoms. The van der Waals surface area contributed by atoms with Gasteiger partial charge in [-0.1, -0.05) is 28.1 Å². The number of rotatable bonds is 5. The molecular formula is C18H21BrN2O3S. The second kappa shape index (κ2) is 7.66. The summed E-state index contributed by atoms with van der Waals surface area (Å²) in [5.41, 5.74) is 1.51. The van der Waals surface area contributed by atoms with E-state index in [1.165, 1.54) is 13.5 Å². The van der Waals surface area contributed by atoms with Crippen LogP contribution in [0.5, 0.6) is 5.75 Å². The fourth-order valence-corrected chi connectivity index (χ4v) is 4.81. The van der Waals surface area contributed by atoms with Crippen LogP contribution in [0.2, 0.25) is 0 Å². The maximum atomic E-state index is 12.9. The van der Waals surface area contributed by atoms with Gasteiger partial charge in [0.25, 0.3) is 10.0 Å². The Balaban J connectivity index is 1.95. The van der Waals surface area contributed by atoms with Gasteiger partial charge in [0, 0.05) is 17.6 Å². The molecule has 0 unspecified atom stereocenters. The van der Waals surface area contributed by atoms with E-state index in [0.717, 1.165) is 31.6 Å². The number of methoxy groups -OCH3 is 1. The van der Waals surface area contributed by atoms with Crippen LogP contribution >= 0.6 is 15.9 Å². The highest BCUT2D eigenvalue weighted by Gasteiger charge is 2.23. The van der Waals surface area contributed by atoms with E-state index in [0.29, 0.717) is 15.9 Å². The van der Waals surface area contributed by atoms with E-state index < -0.39 is 10.0 Å². The van der Waals surface area contributed by atoms with Crippen LogP contribution in [0.4, 0.5) is 11.4 Å². The summed E-state index contributed by atoms with van der Waals surface area (Å²) in [7, 11) is -2.31. The number of nitrogens with one attached hydrogen (secondary N) is 1. The highest BCUT2D eigenvalue weighted by molar-refractivity contribution is 9.10. The second-order valence-corrected chi connectivity index (χ2v) is 8.53. The standard InChI is InChI=1S/C18H21BrN2O3S/c1-24-17-10-9-14(19)13-18(17)25(22,23)20-15-7-3-4-8-16(15)21-11-5-2-6-12-21/h3-4,7-10,13,20H,2,5-6,11-12H2,1H3. The van der Waals surface area contributed by atoms with Crippen molar-refractivity contribution in [3.05, 3.63) is 46.9 Å². The van der Waals surface area contributed by atoms with Gasteiger partial charge in [-0.2, -0.15) is 0 Å². The quantitative estimate of drug-likeness (QED) is 0.778.